The molecule has 0 saturated carbocycles. The number of phenols is 1. The number of aryl methyl sites for hydroxylation is 1. The number of rotatable bonds is 17. The van der Waals surface area contributed by atoms with Gasteiger partial charge in [-0.2, -0.15) is 10.2 Å². The lowest BCUT2D eigenvalue weighted by Crippen LogP contribution is -2.36. The van der Waals surface area contributed by atoms with E-state index in [1.807, 2.05) is 0 Å². The zero-order valence-corrected chi connectivity index (χ0v) is 30.8. The van der Waals surface area contributed by atoms with E-state index in [-0.39, 0.29) is 43.9 Å². The SMILES string of the molecule is CCCCCCCCCCCCCC(=O)Nc1ccc(Cl)c(N=C2NN(c3c(Cl)cc(Cl)cc3Cl)C(=O)C2N=Nc2cc(C)cc(O)c2)c1. The molecule has 0 radical (unpaired) electrons. The molecule has 9 nitrogen and oxygen atoms in total. The maximum Gasteiger partial charge on any atom is 0.280 e. The number of amides is 2. The Morgan fingerprint density at radius 1 is 0.857 bits per heavy atom. The number of nitrogens with zero attached hydrogens (tertiary/aromatic N) is 4. The largest absolute Gasteiger partial charge is 0.508 e. The molecule has 3 aromatic carbocycles. The molecule has 0 spiro atoms. The van der Waals surface area contributed by atoms with Crippen molar-refractivity contribution >= 4 is 86.8 Å². The molecule has 1 heterocycles. The molecule has 1 atom stereocenters. The van der Waals surface area contributed by atoms with Crippen LogP contribution in [0.5, 0.6) is 5.75 Å². The Kier molecular flexibility index (Phi) is 15.0. The fourth-order valence-corrected chi connectivity index (χ4v) is 6.62. The Balaban J connectivity index is 1.45. The highest BCUT2D eigenvalue weighted by molar-refractivity contribution is 6.43. The predicted molar refractivity (Wildman–Crippen MR) is 201 cm³/mol. The number of benzene rings is 3. The van der Waals surface area contributed by atoms with E-state index >= 15 is 0 Å². The zero-order valence-electron chi connectivity index (χ0n) is 27.7. The topological polar surface area (TPSA) is 119 Å². The van der Waals surface area contributed by atoms with Crippen LogP contribution in [0.1, 0.15) is 89.5 Å². The van der Waals surface area contributed by atoms with Crippen LogP contribution >= 0.6 is 46.4 Å². The van der Waals surface area contributed by atoms with E-state index in [2.05, 4.69) is 32.9 Å². The number of azo groups is 1. The number of nitrogens with one attached hydrogen (secondary N) is 2. The predicted octanol–water partition coefficient (Wildman–Crippen LogP) is 11.7. The number of carbonyl (C=O) groups is 2. The summed E-state index contributed by atoms with van der Waals surface area (Å²) in [5, 5.41) is 23.4. The molecule has 262 valence electrons. The monoisotopic (exact) mass is 746 g/mol. The van der Waals surface area contributed by atoms with Crippen molar-refractivity contribution in [3.63, 3.8) is 0 Å². The van der Waals surface area contributed by atoms with Crippen molar-refractivity contribution in [3.05, 3.63) is 74.2 Å². The van der Waals surface area contributed by atoms with E-state index in [0.717, 1.165) is 29.8 Å². The smallest absolute Gasteiger partial charge is 0.280 e. The Morgan fingerprint density at radius 2 is 1.49 bits per heavy atom. The Hall–Kier alpha value is -3.37. The first-order valence-electron chi connectivity index (χ1n) is 16.7. The Labute approximate surface area is 308 Å². The average molecular weight is 749 g/mol. The number of hydrazine groups is 1. The number of halogens is 4. The first-order valence-corrected chi connectivity index (χ1v) is 18.2. The summed E-state index contributed by atoms with van der Waals surface area (Å²) in [6, 6.07) is 11.3. The Bertz CT molecular complexity index is 1640. The normalized spacial score (nSPS) is 15.4. The number of anilines is 2. The fraction of sp³-hybridized carbons (Fsp3) is 0.417. The molecule has 0 bridgehead atoms. The van der Waals surface area contributed by atoms with E-state index in [4.69, 9.17) is 46.4 Å². The van der Waals surface area contributed by atoms with Crippen molar-refractivity contribution in [2.45, 2.75) is 96.9 Å². The van der Waals surface area contributed by atoms with Gasteiger partial charge < -0.3 is 10.4 Å². The van der Waals surface area contributed by atoms with Crippen molar-refractivity contribution in [2.24, 2.45) is 15.2 Å². The van der Waals surface area contributed by atoms with Gasteiger partial charge >= 0.3 is 0 Å². The lowest BCUT2D eigenvalue weighted by molar-refractivity contribution is -0.118. The molecular weight excluding hydrogens is 706 g/mol. The van der Waals surface area contributed by atoms with E-state index < -0.39 is 11.9 Å². The summed E-state index contributed by atoms with van der Waals surface area (Å²) in [5.74, 6) is -0.580. The first kappa shape index (κ1) is 38.4. The number of aliphatic imine (C=N–C) groups is 1. The van der Waals surface area contributed by atoms with Gasteiger partial charge in [0.05, 0.1) is 26.4 Å². The fourth-order valence-electron chi connectivity index (χ4n) is 5.48. The number of hydrogen-bond acceptors (Lipinski definition) is 6. The van der Waals surface area contributed by atoms with Crippen LogP contribution in [0.25, 0.3) is 0 Å². The first-order chi connectivity index (χ1) is 23.5. The number of aromatic hydroxyl groups is 1. The van der Waals surface area contributed by atoms with E-state index in [9.17, 15) is 14.7 Å². The maximum atomic E-state index is 13.7. The van der Waals surface area contributed by atoms with Gasteiger partial charge in [-0.25, -0.2) is 10.0 Å². The van der Waals surface area contributed by atoms with Crippen molar-refractivity contribution in [2.75, 3.05) is 10.3 Å². The molecule has 3 aromatic rings. The van der Waals surface area contributed by atoms with Gasteiger partial charge in [-0.3, -0.25) is 15.0 Å². The molecule has 0 aliphatic carbocycles. The quantitative estimate of drug-likeness (QED) is 0.0940. The lowest BCUT2D eigenvalue weighted by atomic mass is 10.1. The minimum Gasteiger partial charge on any atom is -0.508 e. The van der Waals surface area contributed by atoms with Crippen molar-refractivity contribution in [1.82, 2.24) is 5.43 Å². The second-order valence-electron chi connectivity index (χ2n) is 12.1. The van der Waals surface area contributed by atoms with Gasteiger partial charge in [-0.15, -0.1) is 0 Å². The van der Waals surface area contributed by atoms with E-state index in [1.165, 1.54) is 69.6 Å². The standard InChI is InChI=1S/C36H42Cl4N6O3/c1-3-4-5-6-7-8-9-10-11-12-13-14-32(48)41-25-15-16-28(38)31(22-25)42-35-33(44-43-26-17-23(2)18-27(47)21-26)36(49)46(45-35)34-29(39)19-24(37)20-30(34)40/h15-22,33,47H,3-14H2,1-2H3,(H,41,48)(H,42,45). The minimum atomic E-state index is -1.25. The summed E-state index contributed by atoms with van der Waals surface area (Å²) in [6.45, 7) is 4.03. The highest BCUT2D eigenvalue weighted by Crippen LogP contribution is 2.38. The van der Waals surface area contributed by atoms with E-state index in [0.29, 0.717) is 22.8 Å². The second kappa shape index (κ2) is 19.1. The van der Waals surface area contributed by atoms with Crippen molar-refractivity contribution in [3.8, 4) is 5.75 Å². The molecule has 0 aromatic heterocycles. The molecule has 49 heavy (non-hydrogen) atoms. The zero-order chi connectivity index (χ0) is 35.3. The van der Waals surface area contributed by atoms with Crippen LogP contribution in [0.15, 0.2) is 63.8 Å². The van der Waals surface area contributed by atoms with Gasteiger partial charge in [0.15, 0.2) is 5.84 Å². The number of hydrogen-bond donors (Lipinski definition) is 3. The number of phenolic OH excluding ortho intramolecular Hbond substituents is 1. The number of amidine groups is 1. The van der Waals surface area contributed by atoms with Crippen LogP contribution in [0, 0.1) is 6.92 Å². The van der Waals surface area contributed by atoms with Crippen LogP contribution in [0.2, 0.25) is 20.1 Å². The highest BCUT2D eigenvalue weighted by atomic mass is 35.5. The van der Waals surface area contributed by atoms with Gasteiger partial charge in [-0.05, 0) is 61.4 Å². The van der Waals surface area contributed by atoms with Crippen LogP contribution in [-0.4, -0.2) is 28.8 Å². The summed E-state index contributed by atoms with van der Waals surface area (Å²) in [6.07, 6.45) is 13.7. The summed E-state index contributed by atoms with van der Waals surface area (Å²) in [7, 11) is 0. The van der Waals surface area contributed by atoms with Crippen LogP contribution in [0.3, 0.4) is 0 Å². The molecule has 1 saturated heterocycles. The van der Waals surface area contributed by atoms with E-state index in [1.54, 1.807) is 37.3 Å². The Morgan fingerprint density at radius 3 is 2.12 bits per heavy atom. The number of carbonyl (C=O) groups excluding carboxylic acids is 2. The average Bonchev–Trinajstić information content (AvgIpc) is 3.33. The second-order valence-corrected chi connectivity index (χ2v) is 13.8. The summed E-state index contributed by atoms with van der Waals surface area (Å²) in [4.78, 5) is 31.1. The molecule has 3 N–H and O–H groups in total. The third-order valence-electron chi connectivity index (χ3n) is 7.96. The van der Waals surface area contributed by atoms with Crippen LogP contribution in [-0.2, 0) is 9.59 Å². The molecule has 13 heteroatoms. The van der Waals surface area contributed by atoms with Crippen LogP contribution in [0.4, 0.5) is 22.7 Å². The molecule has 4 rings (SSSR count). The number of unbranched alkanes of at least 4 members (excludes halogenated alkanes) is 10. The lowest BCUT2D eigenvalue weighted by Gasteiger charge is -2.19. The third kappa shape index (κ3) is 11.6. The van der Waals surface area contributed by atoms with Gasteiger partial charge in [0.1, 0.15) is 11.4 Å². The van der Waals surface area contributed by atoms with Crippen LogP contribution < -0.4 is 15.8 Å². The summed E-state index contributed by atoms with van der Waals surface area (Å²) in [5.41, 5.74) is 4.99. The van der Waals surface area contributed by atoms with Crippen molar-refractivity contribution in [1.29, 1.82) is 0 Å². The van der Waals surface area contributed by atoms with Gasteiger partial charge in [-0.1, -0.05) is 118 Å². The molecule has 1 aliphatic rings. The molecule has 1 unspecified atom stereocenters. The third-order valence-corrected chi connectivity index (χ3v) is 9.07. The molecule has 2 amide bonds. The van der Waals surface area contributed by atoms with Gasteiger partial charge in [0.2, 0.25) is 11.9 Å². The van der Waals surface area contributed by atoms with Gasteiger partial charge in [0.25, 0.3) is 5.91 Å². The molecule has 1 fully saturated rings. The van der Waals surface area contributed by atoms with Crippen molar-refractivity contribution < 1.29 is 14.7 Å². The minimum absolute atomic E-state index is 0.00853. The maximum absolute atomic E-state index is 13.7. The van der Waals surface area contributed by atoms with Gasteiger partial charge in [0, 0.05) is 23.2 Å². The summed E-state index contributed by atoms with van der Waals surface area (Å²) >= 11 is 25.5. The summed E-state index contributed by atoms with van der Waals surface area (Å²) < 4.78 is 0. The molecule has 1 aliphatic heterocycles. The molecular formula is C36H42Cl4N6O3. The highest BCUT2D eigenvalue weighted by Gasteiger charge is 2.41.